The minimum absolute atomic E-state index is 0.0485. The van der Waals surface area contributed by atoms with Gasteiger partial charge in [-0.15, -0.1) is 0 Å². The SMILES string of the molecule is CCNC(=NCC(NC(=O)OCC)C1CC1)NCCN(C(C)C)C(C)C. The number of carbonyl (C=O) groups is 1. The molecule has 26 heavy (non-hydrogen) atoms. The number of alkyl carbamates (subject to hydrolysis) is 1. The molecule has 1 atom stereocenters. The van der Waals surface area contributed by atoms with Gasteiger partial charge < -0.3 is 20.7 Å². The molecule has 7 heteroatoms. The molecule has 1 fully saturated rings. The van der Waals surface area contributed by atoms with E-state index in [0.29, 0.717) is 31.2 Å². The molecule has 7 nitrogen and oxygen atoms in total. The Balaban J connectivity index is 2.53. The van der Waals surface area contributed by atoms with E-state index in [2.05, 4.69) is 60.5 Å². The van der Waals surface area contributed by atoms with Crippen LogP contribution in [-0.2, 0) is 4.74 Å². The molecular formula is C19H39N5O2. The molecule has 0 heterocycles. The summed E-state index contributed by atoms with van der Waals surface area (Å²) in [5.74, 6) is 1.32. The standard InChI is InChI=1S/C19H39N5O2/c1-7-20-18(21-11-12-24(14(3)4)15(5)6)22-13-17(16-9-10-16)23-19(25)26-8-2/h14-17H,7-13H2,1-6H3,(H,23,25)(H2,20,21,22). The Hall–Kier alpha value is -1.50. The monoisotopic (exact) mass is 369 g/mol. The summed E-state index contributed by atoms with van der Waals surface area (Å²) in [5.41, 5.74) is 0. The fraction of sp³-hybridized carbons (Fsp3) is 0.895. The second kappa shape index (κ2) is 12.0. The molecule has 1 unspecified atom stereocenters. The normalized spacial score (nSPS) is 16.1. The lowest BCUT2D eigenvalue weighted by atomic mass is 10.2. The van der Waals surface area contributed by atoms with Crippen molar-refractivity contribution in [2.45, 2.75) is 72.5 Å². The van der Waals surface area contributed by atoms with E-state index in [1.54, 1.807) is 0 Å². The van der Waals surface area contributed by atoms with Gasteiger partial charge in [0.1, 0.15) is 0 Å². The minimum Gasteiger partial charge on any atom is -0.450 e. The Labute approximate surface area is 159 Å². The molecule has 0 spiro atoms. The van der Waals surface area contributed by atoms with Crippen LogP contribution in [0.25, 0.3) is 0 Å². The second-order valence-electron chi connectivity index (χ2n) is 7.38. The summed E-state index contributed by atoms with van der Waals surface area (Å²) in [6, 6.07) is 1.08. The van der Waals surface area contributed by atoms with E-state index >= 15 is 0 Å². The van der Waals surface area contributed by atoms with Crippen LogP contribution in [0.2, 0.25) is 0 Å². The van der Waals surface area contributed by atoms with E-state index in [-0.39, 0.29) is 12.1 Å². The van der Waals surface area contributed by atoms with Gasteiger partial charge in [-0.2, -0.15) is 0 Å². The molecule has 1 rings (SSSR count). The summed E-state index contributed by atoms with van der Waals surface area (Å²) in [6.45, 7) is 16.3. The lowest BCUT2D eigenvalue weighted by Crippen LogP contribution is -2.46. The van der Waals surface area contributed by atoms with Gasteiger partial charge in [0, 0.05) is 31.7 Å². The molecule has 1 aliphatic carbocycles. The number of nitrogens with zero attached hydrogens (tertiary/aromatic N) is 2. The highest BCUT2D eigenvalue weighted by Gasteiger charge is 2.32. The zero-order chi connectivity index (χ0) is 19.5. The summed E-state index contributed by atoms with van der Waals surface area (Å²) in [4.78, 5) is 18.8. The number of ether oxygens (including phenoxy) is 1. The van der Waals surface area contributed by atoms with Gasteiger partial charge >= 0.3 is 6.09 Å². The summed E-state index contributed by atoms with van der Waals surface area (Å²) in [7, 11) is 0. The molecule has 1 amide bonds. The molecule has 152 valence electrons. The van der Waals surface area contributed by atoms with Crippen LogP contribution in [0.15, 0.2) is 4.99 Å². The minimum atomic E-state index is -0.345. The first-order valence-electron chi connectivity index (χ1n) is 10.1. The van der Waals surface area contributed by atoms with Crippen molar-refractivity contribution in [3.05, 3.63) is 0 Å². The smallest absolute Gasteiger partial charge is 0.407 e. The predicted octanol–water partition coefficient (Wildman–Crippen LogP) is 2.19. The largest absolute Gasteiger partial charge is 0.450 e. The van der Waals surface area contributed by atoms with Crippen molar-refractivity contribution in [3.63, 3.8) is 0 Å². The third-order valence-electron chi connectivity index (χ3n) is 4.55. The number of rotatable bonds is 11. The molecule has 0 aromatic carbocycles. The second-order valence-corrected chi connectivity index (χ2v) is 7.38. The van der Waals surface area contributed by atoms with E-state index < -0.39 is 0 Å². The first-order chi connectivity index (χ1) is 12.4. The number of hydrogen-bond donors (Lipinski definition) is 3. The Morgan fingerprint density at radius 1 is 1.15 bits per heavy atom. The van der Waals surface area contributed by atoms with Crippen molar-refractivity contribution in [2.24, 2.45) is 10.9 Å². The fourth-order valence-electron chi connectivity index (χ4n) is 3.08. The first kappa shape index (κ1) is 22.5. The molecule has 3 N–H and O–H groups in total. The molecule has 0 aromatic heterocycles. The van der Waals surface area contributed by atoms with Gasteiger partial charge in [0.2, 0.25) is 0 Å². The van der Waals surface area contributed by atoms with E-state index in [9.17, 15) is 4.79 Å². The van der Waals surface area contributed by atoms with Gasteiger partial charge in [-0.1, -0.05) is 0 Å². The van der Waals surface area contributed by atoms with Crippen molar-refractivity contribution >= 4 is 12.1 Å². The van der Waals surface area contributed by atoms with Gasteiger partial charge in [-0.25, -0.2) is 4.79 Å². The number of guanidine groups is 1. The molecule has 0 radical (unpaired) electrons. The number of nitrogens with one attached hydrogen (secondary N) is 3. The van der Waals surface area contributed by atoms with Gasteiger partial charge in [0.25, 0.3) is 0 Å². The number of hydrogen-bond acceptors (Lipinski definition) is 4. The number of carbonyl (C=O) groups excluding carboxylic acids is 1. The average molecular weight is 370 g/mol. The molecule has 0 aromatic rings. The van der Waals surface area contributed by atoms with E-state index in [1.165, 1.54) is 0 Å². The summed E-state index contributed by atoms with van der Waals surface area (Å²) >= 11 is 0. The lowest BCUT2D eigenvalue weighted by Gasteiger charge is -2.30. The molecule has 1 saturated carbocycles. The Morgan fingerprint density at radius 3 is 2.31 bits per heavy atom. The fourth-order valence-corrected chi connectivity index (χ4v) is 3.08. The highest BCUT2D eigenvalue weighted by molar-refractivity contribution is 5.79. The zero-order valence-corrected chi connectivity index (χ0v) is 17.5. The van der Waals surface area contributed by atoms with Crippen LogP contribution >= 0.6 is 0 Å². The van der Waals surface area contributed by atoms with E-state index in [1.807, 2.05) is 6.92 Å². The summed E-state index contributed by atoms with van der Waals surface area (Å²) in [6.07, 6.45) is 1.95. The summed E-state index contributed by atoms with van der Waals surface area (Å²) < 4.78 is 5.01. The zero-order valence-electron chi connectivity index (χ0n) is 17.5. The van der Waals surface area contributed by atoms with Crippen molar-refractivity contribution in [1.82, 2.24) is 20.9 Å². The van der Waals surface area contributed by atoms with Gasteiger partial charge in [-0.3, -0.25) is 9.89 Å². The van der Waals surface area contributed by atoms with Crippen molar-refractivity contribution in [1.29, 1.82) is 0 Å². The highest BCUT2D eigenvalue weighted by atomic mass is 16.5. The van der Waals surface area contributed by atoms with Crippen LogP contribution in [0.4, 0.5) is 4.79 Å². The van der Waals surface area contributed by atoms with Crippen molar-refractivity contribution in [2.75, 3.05) is 32.8 Å². The van der Waals surface area contributed by atoms with E-state index in [4.69, 9.17) is 4.74 Å². The maximum absolute atomic E-state index is 11.7. The Bertz CT molecular complexity index is 428. The van der Waals surface area contributed by atoms with Crippen LogP contribution in [-0.4, -0.2) is 67.9 Å². The third kappa shape index (κ3) is 8.74. The van der Waals surface area contributed by atoms with Crippen molar-refractivity contribution < 1.29 is 9.53 Å². The third-order valence-corrected chi connectivity index (χ3v) is 4.55. The highest BCUT2D eigenvalue weighted by Crippen LogP contribution is 2.32. The topological polar surface area (TPSA) is 78.0 Å². The lowest BCUT2D eigenvalue weighted by molar-refractivity contribution is 0.147. The molecular weight excluding hydrogens is 330 g/mol. The Kier molecular flexibility index (Phi) is 10.4. The van der Waals surface area contributed by atoms with Gasteiger partial charge in [0.15, 0.2) is 5.96 Å². The van der Waals surface area contributed by atoms with Gasteiger partial charge in [-0.05, 0) is 60.3 Å². The van der Waals surface area contributed by atoms with Crippen LogP contribution in [0.5, 0.6) is 0 Å². The average Bonchev–Trinajstić information content (AvgIpc) is 3.39. The van der Waals surface area contributed by atoms with E-state index in [0.717, 1.165) is 38.4 Å². The number of aliphatic imine (C=N–C) groups is 1. The number of amides is 1. The maximum atomic E-state index is 11.7. The van der Waals surface area contributed by atoms with Crippen LogP contribution < -0.4 is 16.0 Å². The molecule has 0 aliphatic heterocycles. The molecule has 1 aliphatic rings. The molecule has 0 saturated heterocycles. The Morgan fingerprint density at radius 2 is 1.81 bits per heavy atom. The molecule has 0 bridgehead atoms. The van der Waals surface area contributed by atoms with Crippen LogP contribution in [0, 0.1) is 5.92 Å². The first-order valence-corrected chi connectivity index (χ1v) is 10.1. The van der Waals surface area contributed by atoms with Crippen LogP contribution in [0.1, 0.15) is 54.4 Å². The maximum Gasteiger partial charge on any atom is 0.407 e. The van der Waals surface area contributed by atoms with Crippen molar-refractivity contribution in [3.8, 4) is 0 Å². The predicted molar refractivity (Wildman–Crippen MR) is 108 cm³/mol. The summed E-state index contributed by atoms with van der Waals surface area (Å²) in [5, 5.41) is 9.64. The van der Waals surface area contributed by atoms with Gasteiger partial charge in [0.05, 0.1) is 19.2 Å². The van der Waals surface area contributed by atoms with Crippen LogP contribution in [0.3, 0.4) is 0 Å². The quantitative estimate of drug-likeness (QED) is 0.384.